The van der Waals surface area contributed by atoms with Crippen molar-refractivity contribution in [2.24, 2.45) is 11.7 Å². The van der Waals surface area contributed by atoms with E-state index < -0.39 is 44.3 Å². The summed E-state index contributed by atoms with van der Waals surface area (Å²) in [7, 11) is -1.92. The van der Waals surface area contributed by atoms with E-state index in [2.05, 4.69) is 67.3 Å². The number of alkyl carbamates (subject to hydrolysis) is 1. The van der Waals surface area contributed by atoms with E-state index in [1.165, 1.54) is 0 Å². The predicted octanol–water partition coefficient (Wildman–Crippen LogP) is 6.64. The number of hydrogen-bond acceptors (Lipinski definition) is 6. The number of carbonyl (C=O) groups excluding carboxylic acids is 4. The van der Waals surface area contributed by atoms with Crippen molar-refractivity contribution in [3.8, 4) is 11.1 Å². The highest BCUT2D eigenvalue weighted by molar-refractivity contribution is 6.74. The standard InChI is InChI=1S/C39H53N5O6Si/c1-25(2)34(44-38(48)49-24-32-30-15-10-8-13-28(30)29-14-9-11-16-31(29)32)36(46)43-33(17-12-22-41-37(40)47)35(45)42-27-20-18-26(19-21-27)23-50-51(6,7)39(3,4)5/h8-11,13-16,18-21,25,32-34H,12,17,22-24H2,1-7H3,(H,42,45)(H,43,46)(H,44,48)(H3,40,41,47)/t33-,34-/m1/s1. The number of urea groups is 1. The molecule has 5 amide bonds. The van der Waals surface area contributed by atoms with Gasteiger partial charge in [-0.05, 0) is 76.8 Å². The van der Waals surface area contributed by atoms with Crippen molar-refractivity contribution in [3.05, 3.63) is 89.5 Å². The summed E-state index contributed by atoms with van der Waals surface area (Å²) in [5.74, 6) is -1.40. The van der Waals surface area contributed by atoms with E-state index in [0.29, 0.717) is 18.7 Å². The maximum absolute atomic E-state index is 13.6. The van der Waals surface area contributed by atoms with Crippen LogP contribution in [0, 0.1) is 5.92 Å². The summed E-state index contributed by atoms with van der Waals surface area (Å²) in [6.07, 6.45) is -0.140. The molecule has 0 radical (unpaired) electrons. The SMILES string of the molecule is CC(C)[C@@H](NC(=O)OCC1c2ccccc2-c2ccccc21)C(=O)N[C@H](CCCNC(N)=O)C(=O)Nc1ccc(CO[Si](C)(C)C(C)(C)C)cc1. The van der Waals surface area contributed by atoms with E-state index in [9.17, 15) is 19.2 Å². The first-order valence-corrected chi connectivity index (χ1v) is 20.5. The summed E-state index contributed by atoms with van der Waals surface area (Å²) in [5.41, 5.74) is 11.1. The molecular formula is C39H53N5O6Si. The lowest BCUT2D eigenvalue weighted by molar-refractivity contribution is -0.128. The van der Waals surface area contributed by atoms with Crippen LogP contribution >= 0.6 is 0 Å². The minimum Gasteiger partial charge on any atom is -0.449 e. The highest BCUT2D eigenvalue weighted by Crippen LogP contribution is 2.44. The number of amides is 5. The van der Waals surface area contributed by atoms with Gasteiger partial charge < -0.3 is 36.2 Å². The van der Waals surface area contributed by atoms with Crippen LogP contribution in [0.25, 0.3) is 11.1 Å². The van der Waals surface area contributed by atoms with Gasteiger partial charge in [-0.15, -0.1) is 0 Å². The molecule has 1 aliphatic carbocycles. The zero-order valence-electron chi connectivity index (χ0n) is 30.8. The van der Waals surface area contributed by atoms with Crippen LogP contribution < -0.4 is 27.0 Å². The Labute approximate surface area is 302 Å². The molecule has 0 unspecified atom stereocenters. The smallest absolute Gasteiger partial charge is 0.407 e. The fourth-order valence-electron chi connectivity index (χ4n) is 5.74. The molecule has 0 aromatic heterocycles. The fourth-order valence-corrected chi connectivity index (χ4v) is 6.70. The molecule has 2 atom stereocenters. The second-order valence-electron chi connectivity index (χ2n) is 14.9. The third-order valence-electron chi connectivity index (χ3n) is 9.80. The first-order chi connectivity index (χ1) is 24.1. The third-order valence-corrected chi connectivity index (χ3v) is 14.3. The molecule has 0 saturated carbocycles. The normalized spacial score (nSPS) is 13.8. The maximum atomic E-state index is 13.6. The number of nitrogens with one attached hydrogen (secondary N) is 4. The molecule has 51 heavy (non-hydrogen) atoms. The molecule has 3 aromatic rings. The van der Waals surface area contributed by atoms with Crippen LogP contribution in [-0.2, 0) is 25.4 Å². The summed E-state index contributed by atoms with van der Waals surface area (Å²) < 4.78 is 12.0. The van der Waals surface area contributed by atoms with E-state index in [-0.39, 0.29) is 36.4 Å². The first kappa shape index (κ1) is 39.1. The molecule has 3 aromatic carbocycles. The van der Waals surface area contributed by atoms with E-state index in [0.717, 1.165) is 27.8 Å². The zero-order valence-corrected chi connectivity index (χ0v) is 31.8. The number of ether oxygens (including phenoxy) is 1. The largest absolute Gasteiger partial charge is 0.449 e. The predicted molar refractivity (Wildman–Crippen MR) is 203 cm³/mol. The molecule has 1 aliphatic rings. The van der Waals surface area contributed by atoms with E-state index in [4.69, 9.17) is 14.9 Å². The minimum absolute atomic E-state index is 0.0903. The van der Waals surface area contributed by atoms with Crippen molar-refractivity contribution in [2.45, 2.75) is 90.2 Å². The van der Waals surface area contributed by atoms with Crippen LogP contribution in [0.1, 0.15) is 70.1 Å². The van der Waals surface area contributed by atoms with Gasteiger partial charge in [-0.3, -0.25) is 9.59 Å². The van der Waals surface area contributed by atoms with Crippen molar-refractivity contribution in [1.82, 2.24) is 16.0 Å². The molecule has 0 saturated heterocycles. The summed E-state index contributed by atoms with van der Waals surface area (Å²) in [4.78, 5) is 51.5. The maximum Gasteiger partial charge on any atom is 0.407 e. The first-order valence-electron chi connectivity index (χ1n) is 17.6. The molecule has 0 bridgehead atoms. The van der Waals surface area contributed by atoms with E-state index >= 15 is 0 Å². The van der Waals surface area contributed by atoms with Gasteiger partial charge in [-0.25, -0.2) is 9.59 Å². The highest BCUT2D eigenvalue weighted by atomic mass is 28.4. The number of carbonyl (C=O) groups is 4. The van der Waals surface area contributed by atoms with Crippen LogP contribution in [-0.4, -0.2) is 57.5 Å². The monoisotopic (exact) mass is 715 g/mol. The van der Waals surface area contributed by atoms with Crippen molar-refractivity contribution < 1.29 is 28.3 Å². The molecule has 4 rings (SSSR count). The third kappa shape index (κ3) is 10.4. The molecule has 12 heteroatoms. The molecule has 11 nitrogen and oxygen atoms in total. The van der Waals surface area contributed by atoms with Gasteiger partial charge in [0.25, 0.3) is 0 Å². The summed E-state index contributed by atoms with van der Waals surface area (Å²) in [5, 5.41) is 11.0. The van der Waals surface area contributed by atoms with Crippen molar-refractivity contribution in [3.63, 3.8) is 0 Å². The lowest BCUT2D eigenvalue weighted by atomic mass is 9.98. The van der Waals surface area contributed by atoms with Gasteiger partial charge in [0.15, 0.2) is 8.32 Å². The Kier molecular flexibility index (Phi) is 13.1. The second kappa shape index (κ2) is 17.0. The van der Waals surface area contributed by atoms with Gasteiger partial charge in [0.1, 0.15) is 18.7 Å². The Morgan fingerprint density at radius 2 is 1.43 bits per heavy atom. The Bertz CT molecular complexity index is 1640. The second-order valence-corrected chi connectivity index (χ2v) is 19.7. The van der Waals surface area contributed by atoms with Crippen LogP contribution in [0.15, 0.2) is 72.8 Å². The fraction of sp³-hybridized carbons (Fsp3) is 0.436. The minimum atomic E-state index is -1.92. The molecule has 274 valence electrons. The van der Waals surface area contributed by atoms with Gasteiger partial charge in [0.05, 0.1) is 6.61 Å². The van der Waals surface area contributed by atoms with E-state index in [1.54, 1.807) is 26.0 Å². The van der Waals surface area contributed by atoms with Gasteiger partial charge in [-0.1, -0.05) is 95.3 Å². The van der Waals surface area contributed by atoms with Crippen molar-refractivity contribution in [1.29, 1.82) is 0 Å². The number of fused-ring (bicyclic) bond motifs is 3. The molecule has 0 heterocycles. The van der Waals surface area contributed by atoms with Crippen LogP contribution in [0.2, 0.25) is 18.1 Å². The number of benzene rings is 3. The van der Waals surface area contributed by atoms with E-state index in [1.807, 2.05) is 48.5 Å². The van der Waals surface area contributed by atoms with Crippen LogP contribution in [0.4, 0.5) is 15.3 Å². The number of anilines is 1. The van der Waals surface area contributed by atoms with Gasteiger partial charge in [-0.2, -0.15) is 0 Å². The summed E-state index contributed by atoms with van der Waals surface area (Å²) >= 11 is 0. The lowest BCUT2D eigenvalue weighted by Gasteiger charge is -2.36. The Balaban J connectivity index is 1.38. The lowest BCUT2D eigenvalue weighted by Crippen LogP contribution is -2.54. The summed E-state index contributed by atoms with van der Waals surface area (Å²) in [6.45, 7) is 15.4. The molecule has 0 aliphatic heterocycles. The number of rotatable bonds is 15. The highest BCUT2D eigenvalue weighted by Gasteiger charge is 2.37. The zero-order chi connectivity index (χ0) is 37.3. The van der Waals surface area contributed by atoms with Gasteiger partial charge >= 0.3 is 12.1 Å². The Morgan fingerprint density at radius 1 is 0.843 bits per heavy atom. The van der Waals surface area contributed by atoms with Crippen molar-refractivity contribution in [2.75, 3.05) is 18.5 Å². The quantitative estimate of drug-likeness (QED) is 0.0876. The molecular weight excluding hydrogens is 663 g/mol. The molecule has 0 spiro atoms. The van der Waals surface area contributed by atoms with Crippen molar-refractivity contribution >= 4 is 37.9 Å². The Hall–Kier alpha value is -4.68. The Morgan fingerprint density at radius 3 is 1.98 bits per heavy atom. The number of hydrogen-bond donors (Lipinski definition) is 5. The van der Waals surface area contributed by atoms with Gasteiger partial charge in [0.2, 0.25) is 11.8 Å². The van der Waals surface area contributed by atoms with Crippen LogP contribution in [0.5, 0.6) is 0 Å². The molecule has 0 fully saturated rings. The number of primary amides is 1. The number of nitrogens with two attached hydrogens (primary N) is 1. The van der Waals surface area contributed by atoms with Gasteiger partial charge in [0, 0.05) is 18.2 Å². The average molecular weight is 716 g/mol. The molecule has 6 N–H and O–H groups in total. The van der Waals surface area contributed by atoms with Crippen LogP contribution in [0.3, 0.4) is 0 Å². The average Bonchev–Trinajstić information content (AvgIpc) is 3.39. The topological polar surface area (TPSA) is 161 Å². The summed E-state index contributed by atoms with van der Waals surface area (Å²) in [6, 6.07) is 20.9.